The van der Waals surface area contributed by atoms with Crippen LogP contribution in [0, 0.1) is 0 Å². The summed E-state index contributed by atoms with van der Waals surface area (Å²) in [5.74, 6) is 1.53. The average Bonchev–Trinajstić information content (AvgIpc) is 2.45. The van der Waals surface area contributed by atoms with Gasteiger partial charge in [0.25, 0.3) is 0 Å². The highest BCUT2D eigenvalue weighted by atomic mass is 16.5. The van der Waals surface area contributed by atoms with Gasteiger partial charge in [0.1, 0.15) is 6.10 Å². The summed E-state index contributed by atoms with van der Waals surface area (Å²) in [4.78, 5) is 0. The second-order valence-corrected chi connectivity index (χ2v) is 5.10. The predicted octanol–water partition coefficient (Wildman–Crippen LogP) is 2.65. The number of hydrogen-bond acceptors (Lipinski definition) is 4. The van der Waals surface area contributed by atoms with Gasteiger partial charge in [0.15, 0.2) is 11.5 Å². The lowest BCUT2D eigenvalue weighted by molar-refractivity contribution is 0.0774. The van der Waals surface area contributed by atoms with E-state index < -0.39 is 0 Å². The molecule has 1 aromatic rings. The fraction of sp³-hybridized carbons (Fsp3) is 0.625. The maximum Gasteiger partial charge on any atom is 0.161 e. The van der Waals surface area contributed by atoms with Crippen LogP contribution in [0.2, 0.25) is 0 Å². The normalized spacial score (nSPS) is 12.5. The molecule has 1 unspecified atom stereocenters. The molecule has 1 aromatic carbocycles. The predicted molar refractivity (Wildman–Crippen MR) is 81.8 cm³/mol. The summed E-state index contributed by atoms with van der Waals surface area (Å²) in [6.45, 7) is 7.62. The topological polar surface area (TPSA) is 39.7 Å². The second-order valence-electron chi connectivity index (χ2n) is 5.10. The molecule has 0 bridgehead atoms. The van der Waals surface area contributed by atoms with Crippen LogP contribution in [0.3, 0.4) is 0 Å². The maximum absolute atomic E-state index is 6.01. The Bertz CT molecular complexity index is 393. The van der Waals surface area contributed by atoms with E-state index in [4.69, 9.17) is 14.2 Å². The number of aryl methyl sites for hydroxylation is 1. The highest BCUT2D eigenvalue weighted by molar-refractivity contribution is 5.43. The molecular formula is C16H27NO3. The molecule has 114 valence electrons. The van der Waals surface area contributed by atoms with Gasteiger partial charge in [-0.15, -0.1) is 0 Å². The highest BCUT2D eigenvalue weighted by Gasteiger charge is 2.14. The van der Waals surface area contributed by atoms with Crippen molar-refractivity contribution in [1.82, 2.24) is 5.32 Å². The van der Waals surface area contributed by atoms with E-state index in [1.165, 1.54) is 5.56 Å². The van der Waals surface area contributed by atoms with Crippen LogP contribution in [0.5, 0.6) is 11.5 Å². The summed E-state index contributed by atoms with van der Waals surface area (Å²) in [7, 11) is 3.35. The van der Waals surface area contributed by atoms with Crippen LogP contribution in [0.4, 0.5) is 0 Å². The van der Waals surface area contributed by atoms with Gasteiger partial charge in [-0.3, -0.25) is 0 Å². The molecule has 0 heterocycles. The first-order valence-corrected chi connectivity index (χ1v) is 7.16. The first-order chi connectivity index (χ1) is 9.60. The van der Waals surface area contributed by atoms with E-state index in [-0.39, 0.29) is 6.10 Å². The van der Waals surface area contributed by atoms with Gasteiger partial charge in [-0.1, -0.05) is 26.8 Å². The molecule has 0 aromatic heterocycles. The van der Waals surface area contributed by atoms with Crippen LogP contribution in [0.15, 0.2) is 18.2 Å². The third-order valence-electron chi connectivity index (χ3n) is 3.04. The van der Waals surface area contributed by atoms with Crippen LogP contribution in [-0.2, 0) is 11.2 Å². The zero-order valence-electron chi connectivity index (χ0n) is 13.2. The zero-order chi connectivity index (χ0) is 15.0. The van der Waals surface area contributed by atoms with Crippen molar-refractivity contribution in [2.24, 2.45) is 0 Å². The van der Waals surface area contributed by atoms with Gasteiger partial charge in [0, 0.05) is 19.7 Å². The van der Waals surface area contributed by atoms with E-state index >= 15 is 0 Å². The molecule has 1 atom stereocenters. The molecule has 0 radical (unpaired) electrons. The number of rotatable bonds is 9. The fourth-order valence-electron chi connectivity index (χ4n) is 1.90. The zero-order valence-corrected chi connectivity index (χ0v) is 13.2. The SMILES string of the molecule is CCc1ccc(OC(CNC(C)C)COC)c(OC)c1. The van der Waals surface area contributed by atoms with E-state index in [0.29, 0.717) is 12.6 Å². The molecule has 1 N–H and O–H groups in total. The Morgan fingerprint density at radius 2 is 1.90 bits per heavy atom. The lowest BCUT2D eigenvalue weighted by atomic mass is 10.1. The minimum atomic E-state index is -0.0382. The largest absolute Gasteiger partial charge is 0.493 e. The molecule has 0 aliphatic carbocycles. The first kappa shape index (κ1) is 16.8. The van der Waals surface area contributed by atoms with Crippen LogP contribution < -0.4 is 14.8 Å². The smallest absolute Gasteiger partial charge is 0.161 e. The minimum absolute atomic E-state index is 0.0382. The van der Waals surface area contributed by atoms with Crippen LogP contribution >= 0.6 is 0 Å². The van der Waals surface area contributed by atoms with E-state index in [0.717, 1.165) is 24.5 Å². The second kappa shape index (κ2) is 8.82. The Hall–Kier alpha value is -1.26. The monoisotopic (exact) mass is 281 g/mol. The molecule has 4 heteroatoms. The lowest BCUT2D eigenvalue weighted by Gasteiger charge is -2.21. The first-order valence-electron chi connectivity index (χ1n) is 7.16. The molecule has 0 aliphatic heterocycles. The molecule has 0 amide bonds. The number of ether oxygens (including phenoxy) is 3. The summed E-state index contributed by atoms with van der Waals surface area (Å²) in [6, 6.07) is 6.48. The maximum atomic E-state index is 6.01. The van der Waals surface area contributed by atoms with Crippen LogP contribution in [0.1, 0.15) is 26.3 Å². The van der Waals surface area contributed by atoms with E-state index in [2.05, 4.69) is 32.2 Å². The Morgan fingerprint density at radius 3 is 2.45 bits per heavy atom. The number of hydrogen-bond donors (Lipinski definition) is 1. The summed E-state index contributed by atoms with van der Waals surface area (Å²) in [6.07, 6.45) is 0.941. The van der Waals surface area contributed by atoms with Gasteiger partial charge in [-0.05, 0) is 24.1 Å². The van der Waals surface area contributed by atoms with Gasteiger partial charge in [0.2, 0.25) is 0 Å². The van der Waals surface area contributed by atoms with Crippen molar-refractivity contribution in [3.63, 3.8) is 0 Å². The Balaban J connectivity index is 2.76. The standard InChI is InChI=1S/C16H27NO3/c1-6-13-7-8-15(16(9-13)19-5)20-14(11-18-4)10-17-12(2)3/h7-9,12,14,17H,6,10-11H2,1-5H3. The quantitative estimate of drug-likeness (QED) is 0.755. The van der Waals surface area contributed by atoms with Crippen molar-refractivity contribution in [2.75, 3.05) is 27.4 Å². The van der Waals surface area contributed by atoms with Gasteiger partial charge >= 0.3 is 0 Å². The van der Waals surface area contributed by atoms with E-state index in [9.17, 15) is 0 Å². The Kier molecular flexibility index (Phi) is 7.41. The number of nitrogens with one attached hydrogen (secondary N) is 1. The molecule has 0 fully saturated rings. The average molecular weight is 281 g/mol. The fourth-order valence-corrected chi connectivity index (χ4v) is 1.90. The van der Waals surface area contributed by atoms with Crippen molar-refractivity contribution < 1.29 is 14.2 Å². The molecule has 4 nitrogen and oxygen atoms in total. The molecule has 0 aliphatic rings. The van der Waals surface area contributed by atoms with Crippen molar-refractivity contribution in [1.29, 1.82) is 0 Å². The molecule has 20 heavy (non-hydrogen) atoms. The third kappa shape index (κ3) is 5.39. The van der Waals surface area contributed by atoms with Crippen molar-refractivity contribution in [2.45, 2.75) is 39.3 Å². The van der Waals surface area contributed by atoms with Crippen LogP contribution in [0.25, 0.3) is 0 Å². The molecule has 0 spiro atoms. The van der Waals surface area contributed by atoms with Crippen LogP contribution in [-0.4, -0.2) is 39.5 Å². The number of benzene rings is 1. The summed E-state index contributed by atoms with van der Waals surface area (Å²) in [5.41, 5.74) is 1.23. The minimum Gasteiger partial charge on any atom is -0.493 e. The molecule has 1 rings (SSSR count). The molecule has 0 saturated heterocycles. The van der Waals surface area contributed by atoms with Gasteiger partial charge in [-0.25, -0.2) is 0 Å². The summed E-state index contributed by atoms with van der Waals surface area (Å²) < 4.78 is 16.6. The molecule has 0 saturated carbocycles. The summed E-state index contributed by atoms with van der Waals surface area (Å²) >= 11 is 0. The lowest BCUT2D eigenvalue weighted by Crippen LogP contribution is -2.38. The van der Waals surface area contributed by atoms with E-state index in [1.807, 2.05) is 12.1 Å². The van der Waals surface area contributed by atoms with E-state index in [1.54, 1.807) is 14.2 Å². The number of methoxy groups -OCH3 is 2. The van der Waals surface area contributed by atoms with Crippen molar-refractivity contribution >= 4 is 0 Å². The van der Waals surface area contributed by atoms with Gasteiger partial charge in [-0.2, -0.15) is 0 Å². The molecular weight excluding hydrogens is 254 g/mol. The Morgan fingerprint density at radius 1 is 1.15 bits per heavy atom. The third-order valence-corrected chi connectivity index (χ3v) is 3.04. The van der Waals surface area contributed by atoms with Gasteiger partial charge < -0.3 is 19.5 Å². The Labute approximate surface area is 122 Å². The highest BCUT2D eigenvalue weighted by Crippen LogP contribution is 2.29. The van der Waals surface area contributed by atoms with Gasteiger partial charge in [0.05, 0.1) is 13.7 Å². The van der Waals surface area contributed by atoms with Crippen molar-refractivity contribution in [3.8, 4) is 11.5 Å². The summed E-state index contributed by atoms with van der Waals surface area (Å²) in [5, 5.41) is 3.36. The van der Waals surface area contributed by atoms with Crippen molar-refractivity contribution in [3.05, 3.63) is 23.8 Å².